The Balaban J connectivity index is 2.81. The molecule has 0 saturated heterocycles. The summed E-state index contributed by atoms with van der Waals surface area (Å²) in [6, 6.07) is 4.45. The molecule has 0 radical (unpaired) electrons. The van der Waals surface area contributed by atoms with E-state index < -0.39 is 9.84 Å². The zero-order chi connectivity index (χ0) is 14.6. The number of nitrogens with zero attached hydrogens (tertiary/aromatic N) is 1. The average Bonchev–Trinajstić information content (AvgIpc) is 2.26. The maximum Gasteiger partial charge on any atom is 0.251 e. The fourth-order valence-electron chi connectivity index (χ4n) is 1.44. The summed E-state index contributed by atoms with van der Waals surface area (Å²) in [4.78, 5) is 14.0. The lowest BCUT2D eigenvalue weighted by Gasteiger charge is -2.11. The quantitative estimate of drug-likeness (QED) is 0.866. The van der Waals surface area contributed by atoms with Crippen LogP contribution < -0.4 is 5.32 Å². The Hall–Kier alpha value is -0.920. The largest absolute Gasteiger partial charge is 0.351 e. The molecule has 0 bridgehead atoms. The highest BCUT2D eigenvalue weighted by Gasteiger charge is 2.14. The van der Waals surface area contributed by atoms with E-state index in [0.29, 0.717) is 16.6 Å². The highest BCUT2D eigenvalue weighted by atomic mass is 79.9. The highest BCUT2D eigenvalue weighted by molar-refractivity contribution is 9.10. The van der Waals surface area contributed by atoms with Crippen molar-refractivity contribution >= 4 is 31.7 Å². The number of carbonyl (C=O) groups excluding carboxylic acids is 1. The molecule has 19 heavy (non-hydrogen) atoms. The van der Waals surface area contributed by atoms with Gasteiger partial charge in [-0.15, -0.1) is 0 Å². The molecule has 0 saturated carbocycles. The van der Waals surface area contributed by atoms with Crippen molar-refractivity contribution in [2.45, 2.75) is 4.90 Å². The minimum absolute atomic E-state index is 0.178. The SMILES string of the molecule is CN(C)CCNC(=O)c1ccc(S(C)(=O)=O)c(Br)c1. The Bertz CT molecular complexity index is 570. The van der Waals surface area contributed by atoms with Crippen molar-refractivity contribution in [2.24, 2.45) is 0 Å². The molecule has 0 aliphatic carbocycles. The van der Waals surface area contributed by atoms with Crippen LogP contribution in [0, 0.1) is 0 Å². The molecule has 1 N–H and O–H groups in total. The van der Waals surface area contributed by atoms with E-state index in [4.69, 9.17) is 0 Å². The lowest BCUT2D eigenvalue weighted by atomic mass is 10.2. The molecule has 106 valence electrons. The first-order valence-electron chi connectivity index (χ1n) is 5.64. The van der Waals surface area contributed by atoms with Crippen LogP contribution in [0.25, 0.3) is 0 Å². The second-order valence-electron chi connectivity index (χ2n) is 4.48. The molecule has 1 aromatic rings. The van der Waals surface area contributed by atoms with Gasteiger partial charge in [-0.2, -0.15) is 0 Å². The summed E-state index contributed by atoms with van der Waals surface area (Å²) >= 11 is 3.18. The second-order valence-corrected chi connectivity index (χ2v) is 7.32. The van der Waals surface area contributed by atoms with E-state index in [1.165, 1.54) is 18.2 Å². The molecule has 0 spiro atoms. The molecule has 0 aromatic heterocycles. The maximum absolute atomic E-state index is 11.8. The molecule has 1 rings (SSSR count). The van der Waals surface area contributed by atoms with E-state index in [2.05, 4.69) is 21.2 Å². The normalized spacial score (nSPS) is 11.6. The number of hydrogen-bond acceptors (Lipinski definition) is 4. The number of amides is 1. The zero-order valence-electron chi connectivity index (χ0n) is 11.1. The molecule has 0 atom stereocenters. The molecule has 5 nitrogen and oxygen atoms in total. The van der Waals surface area contributed by atoms with E-state index in [9.17, 15) is 13.2 Å². The van der Waals surface area contributed by atoms with Crippen LogP contribution >= 0.6 is 15.9 Å². The molecule has 0 unspecified atom stereocenters. The number of likely N-dealkylation sites (N-methyl/N-ethyl adjacent to an activating group) is 1. The van der Waals surface area contributed by atoms with Gasteiger partial charge in [0.25, 0.3) is 5.91 Å². The number of nitrogens with one attached hydrogen (secondary N) is 1. The molecule has 7 heteroatoms. The van der Waals surface area contributed by atoms with Crippen molar-refractivity contribution in [3.8, 4) is 0 Å². The fraction of sp³-hybridized carbons (Fsp3) is 0.417. The van der Waals surface area contributed by atoms with Gasteiger partial charge in [0.1, 0.15) is 0 Å². The van der Waals surface area contributed by atoms with Crippen molar-refractivity contribution < 1.29 is 13.2 Å². The second kappa shape index (κ2) is 6.49. The third kappa shape index (κ3) is 4.93. The summed E-state index contributed by atoms with van der Waals surface area (Å²) in [5.41, 5.74) is 0.429. The van der Waals surface area contributed by atoms with E-state index in [1.807, 2.05) is 19.0 Å². The summed E-state index contributed by atoms with van der Waals surface area (Å²) in [5, 5.41) is 2.76. The van der Waals surface area contributed by atoms with E-state index in [-0.39, 0.29) is 10.8 Å². The third-order valence-corrected chi connectivity index (χ3v) is 4.51. The Labute approximate surface area is 122 Å². The number of hydrogen-bond donors (Lipinski definition) is 1. The Morgan fingerprint density at radius 3 is 2.47 bits per heavy atom. The smallest absolute Gasteiger partial charge is 0.251 e. The maximum atomic E-state index is 11.8. The molecular weight excluding hydrogens is 332 g/mol. The first-order chi connectivity index (χ1) is 8.71. The van der Waals surface area contributed by atoms with Gasteiger partial charge in [-0.05, 0) is 48.2 Å². The summed E-state index contributed by atoms with van der Waals surface area (Å²) in [5.74, 6) is -0.220. The summed E-state index contributed by atoms with van der Waals surface area (Å²) in [6.07, 6.45) is 1.13. The standard InChI is InChI=1S/C12H17BrN2O3S/c1-15(2)7-6-14-12(16)9-4-5-11(10(13)8-9)19(3,17)18/h4-5,8H,6-7H2,1-3H3,(H,14,16). The van der Waals surface area contributed by atoms with Gasteiger partial charge in [0.2, 0.25) is 0 Å². The first-order valence-corrected chi connectivity index (χ1v) is 8.33. The van der Waals surface area contributed by atoms with Gasteiger partial charge in [-0.1, -0.05) is 0 Å². The lowest BCUT2D eigenvalue weighted by molar-refractivity contribution is 0.0951. The Morgan fingerprint density at radius 1 is 1.37 bits per heavy atom. The van der Waals surface area contributed by atoms with E-state index in [0.717, 1.165) is 12.8 Å². The average molecular weight is 349 g/mol. The molecule has 0 heterocycles. The van der Waals surface area contributed by atoms with E-state index >= 15 is 0 Å². The molecule has 1 aromatic carbocycles. The monoisotopic (exact) mass is 348 g/mol. The fourth-order valence-corrected chi connectivity index (χ4v) is 3.43. The Morgan fingerprint density at radius 2 is 2.00 bits per heavy atom. The van der Waals surface area contributed by atoms with Gasteiger partial charge in [0.15, 0.2) is 9.84 Å². The van der Waals surface area contributed by atoms with E-state index in [1.54, 1.807) is 0 Å². The van der Waals surface area contributed by atoms with Crippen LogP contribution in [0.1, 0.15) is 10.4 Å². The number of sulfone groups is 1. The summed E-state index contributed by atoms with van der Waals surface area (Å²) in [7, 11) is 0.551. The van der Waals surface area contributed by atoms with Crippen LogP contribution in [0.15, 0.2) is 27.6 Å². The van der Waals surface area contributed by atoms with Gasteiger partial charge in [-0.3, -0.25) is 4.79 Å². The van der Waals surface area contributed by atoms with Gasteiger partial charge in [-0.25, -0.2) is 8.42 Å². The predicted molar refractivity (Wildman–Crippen MR) is 78.1 cm³/mol. The topological polar surface area (TPSA) is 66.5 Å². The van der Waals surface area contributed by atoms with Crippen molar-refractivity contribution in [1.29, 1.82) is 0 Å². The third-order valence-electron chi connectivity index (χ3n) is 2.44. The van der Waals surface area contributed by atoms with Gasteiger partial charge in [0.05, 0.1) is 4.90 Å². The minimum Gasteiger partial charge on any atom is -0.351 e. The minimum atomic E-state index is -3.29. The number of carbonyl (C=O) groups is 1. The Kier molecular flexibility index (Phi) is 5.51. The van der Waals surface area contributed by atoms with Crippen molar-refractivity contribution in [3.63, 3.8) is 0 Å². The van der Waals surface area contributed by atoms with Crippen molar-refractivity contribution in [1.82, 2.24) is 10.2 Å². The highest BCUT2D eigenvalue weighted by Crippen LogP contribution is 2.23. The molecule has 0 fully saturated rings. The molecule has 1 amide bonds. The van der Waals surface area contributed by atoms with Gasteiger partial charge >= 0.3 is 0 Å². The van der Waals surface area contributed by atoms with Crippen LogP contribution in [0.2, 0.25) is 0 Å². The van der Waals surface area contributed by atoms with Gasteiger partial charge in [0, 0.05) is 29.4 Å². The number of halogens is 1. The summed E-state index contributed by atoms with van der Waals surface area (Å²) < 4.78 is 23.3. The van der Waals surface area contributed by atoms with Crippen molar-refractivity contribution in [2.75, 3.05) is 33.4 Å². The summed E-state index contributed by atoms with van der Waals surface area (Å²) in [6.45, 7) is 1.28. The molecular formula is C12H17BrN2O3S. The van der Waals surface area contributed by atoms with Crippen LogP contribution in [-0.4, -0.2) is 52.7 Å². The predicted octanol–water partition coefficient (Wildman–Crippen LogP) is 1.14. The van der Waals surface area contributed by atoms with Crippen LogP contribution in [0.3, 0.4) is 0 Å². The number of rotatable bonds is 5. The van der Waals surface area contributed by atoms with Crippen molar-refractivity contribution in [3.05, 3.63) is 28.2 Å². The molecule has 0 aliphatic rings. The number of benzene rings is 1. The van der Waals surface area contributed by atoms with Crippen LogP contribution in [0.5, 0.6) is 0 Å². The van der Waals surface area contributed by atoms with Crippen LogP contribution in [0.4, 0.5) is 0 Å². The first kappa shape index (κ1) is 16.1. The van der Waals surface area contributed by atoms with Gasteiger partial charge < -0.3 is 10.2 Å². The van der Waals surface area contributed by atoms with Crippen LogP contribution in [-0.2, 0) is 9.84 Å². The zero-order valence-corrected chi connectivity index (χ0v) is 13.5. The lowest BCUT2D eigenvalue weighted by Crippen LogP contribution is -2.31. The molecule has 0 aliphatic heterocycles.